The van der Waals surface area contributed by atoms with E-state index in [-0.39, 0.29) is 5.75 Å². The fraction of sp³-hybridized carbons (Fsp3) is 0.438. The number of hydrazone groups is 1. The first-order valence-electron chi connectivity index (χ1n) is 7.63. The number of hydrogen-bond acceptors (Lipinski definition) is 6. The normalized spacial score (nSPS) is 21.6. The minimum absolute atomic E-state index is 0.0391. The lowest BCUT2D eigenvalue weighted by molar-refractivity contribution is -0.130. The molecule has 122 valence electrons. The molecule has 7 nitrogen and oxygen atoms in total. The van der Waals surface area contributed by atoms with Gasteiger partial charge in [0.05, 0.1) is 18.7 Å². The Balaban J connectivity index is 1.94. The van der Waals surface area contributed by atoms with Gasteiger partial charge in [-0.25, -0.2) is 4.79 Å². The van der Waals surface area contributed by atoms with Crippen LogP contribution in [0.15, 0.2) is 29.4 Å². The molecule has 2 amide bonds. The van der Waals surface area contributed by atoms with E-state index in [0.29, 0.717) is 17.8 Å². The molecule has 0 unspecified atom stereocenters. The highest BCUT2D eigenvalue weighted by atomic mass is 16.5. The Morgan fingerprint density at radius 3 is 2.70 bits per heavy atom. The van der Waals surface area contributed by atoms with Gasteiger partial charge in [0.1, 0.15) is 5.75 Å². The summed E-state index contributed by atoms with van der Waals surface area (Å²) in [5.74, 6) is -0.959. The second-order valence-electron chi connectivity index (χ2n) is 5.68. The highest BCUT2D eigenvalue weighted by Gasteiger charge is 2.42. The first kappa shape index (κ1) is 15.5. The Hall–Kier alpha value is -2.41. The number of hydrogen-bond donors (Lipinski definition) is 1. The molecule has 1 atom stereocenters. The summed E-state index contributed by atoms with van der Waals surface area (Å²) in [6.45, 7) is 2.34. The van der Waals surface area contributed by atoms with E-state index in [2.05, 4.69) is 14.7 Å². The molecular formula is C16H19N3O4. The molecule has 0 radical (unpaired) electrons. The SMILES string of the molecule is COC(=O)N1N=C(c2ccccc2O)[C@H](CN2CCCC2)C1=O. The Morgan fingerprint density at radius 1 is 1.35 bits per heavy atom. The molecule has 1 aromatic carbocycles. The number of phenolic OH excluding ortho intramolecular Hbond substituents is 1. The van der Waals surface area contributed by atoms with Gasteiger partial charge in [0.25, 0.3) is 5.91 Å². The zero-order valence-electron chi connectivity index (χ0n) is 12.9. The lowest BCUT2D eigenvalue weighted by Crippen LogP contribution is -2.38. The van der Waals surface area contributed by atoms with E-state index < -0.39 is 17.9 Å². The average molecular weight is 317 g/mol. The third-order valence-corrected chi connectivity index (χ3v) is 4.21. The summed E-state index contributed by atoms with van der Waals surface area (Å²) >= 11 is 0. The standard InChI is InChI=1S/C16H19N3O4/c1-23-16(22)19-15(21)12(10-18-8-4-5-9-18)14(17-19)11-6-2-3-7-13(11)20/h2-3,6-7,12,20H,4-5,8-10H2,1H3/t12-/m0/s1. The second-order valence-corrected chi connectivity index (χ2v) is 5.68. The van der Waals surface area contributed by atoms with Gasteiger partial charge >= 0.3 is 6.09 Å². The van der Waals surface area contributed by atoms with Crippen molar-refractivity contribution in [3.8, 4) is 5.75 Å². The van der Waals surface area contributed by atoms with Gasteiger partial charge in [-0.3, -0.25) is 4.79 Å². The predicted octanol–water partition coefficient (Wildman–Crippen LogP) is 1.42. The van der Waals surface area contributed by atoms with Gasteiger partial charge in [0.15, 0.2) is 0 Å². The average Bonchev–Trinajstić information content (AvgIpc) is 3.17. The van der Waals surface area contributed by atoms with Crippen molar-refractivity contribution in [1.29, 1.82) is 0 Å². The number of phenols is 1. The van der Waals surface area contributed by atoms with Gasteiger partial charge in [-0.15, -0.1) is 5.01 Å². The molecule has 0 spiro atoms. The van der Waals surface area contributed by atoms with E-state index in [1.165, 1.54) is 13.2 Å². The van der Waals surface area contributed by atoms with E-state index in [9.17, 15) is 14.7 Å². The van der Waals surface area contributed by atoms with E-state index in [1.54, 1.807) is 18.2 Å². The third kappa shape index (κ3) is 2.92. The number of ether oxygens (including phenoxy) is 1. The summed E-state index contributed by atoms with van der Waals surface area (Å²) in [6.07, 6.45) is 1.39. The highest BCUT2D eigenvalue weighted by molar-refractivity contribution is 6.20. The molecule has 0 saturated carbocycles. The van der Waals surface area contributed by atoms with E-state index in [0.717, 1.165) is 30.9 Å². The van der Waals surface area contributed by atoms with Crippen molar-refractivity contribution in [2.75, 3.05) is 26.7 Å². The maximum absolute atomic E-state index is 12.6. The molecule has 2 heterocycles. The fourth-order valence-corrected chi connectivity index (χ4v) is 3.03. The van der Waals surface area contributed by atoms with Crippen LogP contribution < -0.4 is 0 Å². The molecular weight excluding hydrogens is 298 g/mol. The van der Waals surface area contributed by atoms with Crippen molar-refractivity contribution in [3.63, 3.8) is 0 Å². The molecule has 2 aliphatic heterocycles. The van der Waals surface area contributed by atoms with Gasteiger partial charge in [0.2, 0.25) is 0 Å². The van der Waals surface area contributed by atoms with Crippen LogP contribution in [-0.2, 0) is 9.53 Å². The van der Waals surface area contributed by atoms with Crippen LogP contribution in [0.5, 0.6) is 5.75 Å². The minimum atomic E-state index is -0.813. The van der Waals surface area contributed by atoms with E-state index >= 15 is 0 Å². The van der Waals surface area contributed by atoms with Crippen LogP contribution in [0.4, 0.5) is 4.79 Å². The summed E-state index contributed by atoms with van der Waals surface area (Å²) in [4.78, 5) is 26.5. The molecule has 0 aromatic heterocycles. The molecule has 3 rings (SSSR count). The summed E-state index contributed by atoms with van der Waals surface area (Å²) in [5, 5.41) is 15.0. The summed E-state index contributed by atoms with van der Waals surface area (Å²) in [6, 6.07) is 6.69. The number of aromatic hydroxyl groups is 1. The minimum Gasteiger partial charge on any atom is -0.507 e. The molecule has 1 fully saturated rings. The lowest BCUT2D eigenvalue weighted by Gasteiger charge is -2.20. The number of nitrogens with zero attached hydrogens (tertiary/aromatic N) is 3. The molecule has 1 aromatic rings. The van der Waals surface area contributed by atoms with Gasteiger partial charge in [-0.2, -0.15) is 5.10 Å². The van der Waals surface area contributed by atoms with Crippen LogP contribution in [0.1, 0.15) is 18.4 Å². The topological polar surface area (TPSA) is 82.4 Å². The molecule has 1 N–H and O–H groups in total. The van der Waals surface area contributed by atoms with Crippen LogP contribution in [0.3, 0.4) is 0 Å². The molecule has 0 bridgehead atoms. The van der Waals surface area contributed by atoms with Crippen molar-refractivity contribution in [1.82, 2.24) is 9.91 Å². The third-order valence-electron chi connectivity index (χ3n) is 4.21. The number of carbonyl (C=O) groups excluding carboxylic acids is 2. The number of amides is 2. The summed E-state index contributed by atoms with van der Waals surface area (Å²) in [7, 11) is 1.21. The first-order chi connectivity index (χ1) is 11.1. The van der Waals surface area contributed by atoms with Crippen molar-refractivity contribution in [3.05, 3.63) is 29.8 Å². The number of imide groups is 1. The quantitative estimate of drug-likeness (QED) is 0.911. The Morgan fingerprint density at radius 2 is 2.04 bits per heavy atom. The van der Waals surface area contributed by atoms with Crippen molar-refractivity contribution >= 4 is 17.7 Å². The zero-order valence-corrected chi connectivity index (χ0v) is 12.9. The Bertz CT molecular complexity index is 652. The van der Waals surface area contributed by atoms with Gasteiger partial charge < -0.3 is 14.7 Å². The first-order valence-corrected chi connectivity index (χ1v) is 7.63. The highest BCUT2D eigenvalue weighted by Crippen LogP contribution is 2.28. The smallest absolute Gasteiger partial charge is 0.437 e. The fourth-order valence-electron chi connectivity index (χ4n) is 3.03. The lowest BCUT2D eigenvalue weighted by atomic mass is 9.95. The number of para-hydroxylation sites is 1. The molecule has 1 saturated heterocycles. The Labute approximate surface area is 134 Å². The van der Waals surface area contributed by atoms with Crippen LogP contribution >= 0.6 is 0 Å². The summed E-state index contributed by atoms with van der Waals surface area (Å²) in [5.41, 5.74) is 0.877. The Kier molecular flexibility index (Phi) is 4.29. The van der Waals surface area contributed by atoms with E-state index in [1.807, 2.05) is 0 Å². The van der Waals surface area contributed by atoms with Crippen LogP contribution in [0.25, 0.3) is 0 Å². The summed E-state index contributed by atoms with van der Waals surface area (Å²) < 4.78 is 4.62. The number of benzene rings is 1. The van der Waals surface area contributed by atoms with Crippen molar-refractivity contribution < 1.29 is 19.4 Å². The zero-order chi connectivity index (χ0) is 16.4. The van der Waals surface area contributed by atoms with Gasteiger partial charge in [-0.1, -0.05) is 12.1 Å². The molecule has 0 aliphatic carbocycles. The van der Waals surface area contributed by atoms with Crippen molar-refractivity contribution in [2.45, 2.75) is 12.8 Å². The molecule has 7 heteroatoms. The molecule has 2 aliphatic rings. The van der Waals surface area contributed by atoms with Crippen molar-refractivity contribution in [2.24, 2.45) is 11.0 Å². The number of methoxy groups -OCH3 is 1. The van der Waals surface area contributed by atoms with Crippen LogP contribution in [0.2, 0.25) is 0 Å². The monoisotopic (exact) mass is 317 g/mol. The molecule has 23 heavy (non-hydrogen) atoms. The maximum Gasteiger partial charge on any atom is 0.437 e. The second kappa shape index (κ2) is 6.37. The predicted molar refractivity (Wildman–Crippen MR) is 83.1 cm³/mol. The number of rotatable bonds is 3. The van der Waals surface area contributed by atoms with Crippen LogP contribution in [0, 0.1) is 5.92 Å². The van der Waals surface area contributed by atoms with Crippen LogP contribution in [-0.4, -0.2) is 59.5 Å². The van der Waals surface area contributed by atoms with Gasteiger partial charge in [0, 0.05) is 12.1 Å². The largest absolute Gasteiger partial charge is 0.507 e. The number of likely N-dealkylation sites (tertiary alicyclic amines) is 1. The number of carbonyl (C=O) groups is 2. The van der Waals surface area contributed by atoms with Gasteiger partial charge in [-0.05, 0) is 38.1 Å². The maximum atomic E-state index is 12.6. The van der Waals surface area contributed by atoms with E-state index in [4.69, 9.17) is 0 Å².